The van der Waals surface area contributed by atoms with Crippen molar-refractivity contribution in [3.63, 3.8) is 0 Å². The number of nitrogens with zero attached hydrogens (tertiary/aromatic N) is 1. The monoisotopic (exact) mass is 392 g/mol. The van der Waals surface area contributed by atoms with Crippen molar-refractivity contribution in [1.29, 1.82) is 0 Å². The molecule has 8 nitrogen and oxygen atoms in total. The fraction of sp³-hybridized carbons (Fsp3) is 0.333. The molecule has 1 aliphatic rings. The van der Waals surface area contributed by atoms with Crippen LogP contribution in [-0.4, -0.2) is 62.6 Å². The lowest BCUT2D eigenvalue weighted by molar-refractivity contribution is -0.159. The van der Waals surface area contributed by atoms with Crippen LogP contribution in [0, 0.1) is 0 Å². The minimum absolute atomic E-state index is 0.0361. The summed E-state index contributed by atoms with van der Waals surface area (Å²) in [4.78, 5) is 24.7. The molecular formula is C18H20N2O6S. The first kappa shape index (κ1) is 19.3. The van der Waals surface area contributed by atoms with Crippen LogP contribution >= 0.6 is 0 Å². The van der Waals surface area contributed by atoms with E-state index in [-0.39, 0.29) is 36.9 Å². The summed E-state index contributed by atoms with van der Waals surface area (Å²) in [6, 6.07) is 12.3. The summed E-state index contributed by atoms with van der Waals surface area (Å²) in [6.45, 7) is 0.334. The van der Waals surface area contributed by atoms with Crippen LogP contribution in [0.1, 0.15) is 6.42 Å². The van der Waals surface area contributed by atoms with Gasteiger partial charge in [-0.1, -0.05) is 30.3 Å². The van der Waals surface area contributed by atoms with Gasteiger partial charge in [0.1, 0.15) is 0 Å². The molecule has 3 rings (SSSR count). The molecular weight excluding hydrogens is 372 g/mol. The molecule has 1 fully saturated rings. The summed E-state index contributed by atoms with van der Waals surface area (Å²) in [5, 5.41) is 10.7. The normalized spacial score (nSPS) is 17.8. The van der Waals surface area contributed by atoms with Crippen molar-refractivity contribution in [1.82, 2.24) is 9.62 Å². The predicted molar refractivity (Wildman–Crippen MR) is 97.7 cm³/mol. The minimum atomic E-state index is -3.74. The number of benzene rings is 2. The molecule has 2 aromatic carbocycles. The van der Waals surface area contributed by atoms with Gasteiger partial charge in [0.25, 0.3) is 0 Å². The number of fused-ring (bicyclic) bond motifs is 1. The van der Waals surface area contributed by atoms with E-state index in [9.17, 15) is 18.0 Å². The Labute approximate surface area is 156 Å². The number of amides is 1. The fourth-order valence-electron chi connectivity index (χ4n) is 2.89. The Kier molecular flexibility index (Phi) is 5.73. The third-order valence-electron chi connectivity index (χ3n) is 4.36. The van der Waals surface area contributed by atoms with Crippen molar-refractivity contribution >= 4 is 32.7 Å². The van der Waals surface area contributed by atoms with Crippen LogP contribution in [-0.2, 0) is 24.3 Å². The molecule has 1 heterocycles. The van der Waals surface area contributed by atoms with Gasteiger partial charge >= 0.3 is 5.97 Å². The van der Waals surface area contributed by atoms with E-state index in [1.807, 2.05) is 24.3 Å². The molecule has 0 bridgehead atoms. The Morgan fingerprint density at radius 1 is 1.19 bits per heavy atom. The van der Waals surface area contributed by atoms with Crippen molar-refractivity contribution in [3.05, 3.63) is 42.5 Å². The summed E-state index contributed by atoms with van der Waals surface area (Å²) in [5.41, 5.74) is 0. The molecule has 2 N–H and O–H groups in total. The molecule has 0 radical (unpaired) electrons. The van der Waals surface area contributed by atoms with E-state index in [1.54, 1.807) is 12.1 Å². The standard InChI is InChI=1S/C18H20N2O6S/c21-17(20-9-10-26-16(12-20)18(22)23)7-8-19-27(24,25)15-6-5-13-3-1-2-4-14(13)11-15/h1-6,11,16,19H,7-10,12H2,(H,22,23). The van der Waals surface area contributed by atoms with Gasteiger partial charge in [0, 0.05) is 19.5 Å². The van der Waals surface area contributed by atoms with Gasteiger partial charge in [-0.25, -0.2) is 17.9 Å². The maximum atomic E-state index is 12.4. The zero-order chi connectivity index (χ0) is 19.4. The molecule has 1 unspecified atom stereocenters. The Morgan fingerprint density at radius 2 is 1.93 bits per heavy atom. The fourth-order valence-corrected chi connectivity index (χ4v) is 3.96. The molecule has 1 saturated heterocycles. The number of carbonyl (C=O) groups excluding carboxylic acids is 1. The number of morpholine rings is 1. The number of sulfonamides is 1. The molecule has 0 spiro atoms. The molecule has 0 aromatic heterocycles. The van der Waals surface area contributed by atoms with Gasteiger partial charge in [-0.05, 0) is 22.9 Å². The van der Waals surface area contributed by atoms with Crippen LogP contribution in [0.4, 0.5) is 0 Å². The highest BCUT2D eigenvalue weighted by molar-refractivity contribution is 7.89. The van der Waals surface area contributed by atoms with Crippen molar-refractivity contribution in [2.45, 2.75) is 17.4 Å². The Bertz CT molecular complexity index is 959. The number of carbonyl (C=O) groups is 2. The molecule has 1 aliphatic heterocycles. The van der Waals surface area contributed by atoms with Gasteiger partial charge in [0.15, 0.2) is 6.10 Å². The van der Waals surface area contributed by atoms with Gasteiger partial charge in [-0.15, -0.1) is 0 Å². The summed E-state index contributed by atoms with van der Waals surface area (Å²) in [7, 11) is -3.74. The molecule has 2 aromatic rings. The van der Waals surface area contributed by atoms with Gasteiger partial charge in [0.2, 0.25) is 15.9 Å². The van der Waals surface area contributed by atoms with Crippen LogP contribution in [0.3, 0.4) is 0 Å². The summed E-state index contributed by atoms with van der Waals surface area (Å²) in [5.74, 6) is -1.43. The average molecular weight is 392 g/mol. The number of carboxylic acids is 1. The molecule has 1 atom stereocenters. The highest BCUT2D eigenvalue weighted by Crippen LogP contribution is 2.18. The number of hydrogen-bond acceptors (Lipinski definition) is 5. The first-order valence-electron chi connectivity index (χ1n) is 8.47. The second-order valence-electron chi connectivity index (χ2n) is 6.19. The molecule has 9 heteroatoms. The lowest BCUT2D eigenvalue weighted by Crippen LogP contribution is -2.49. The van der Waals surface area contributed by atoms with E-state index >= 15 is 0 Å². The predicted octanol–water partition coefficient (Wildman–Crippen LogP) is 0.820. The summed E-state index contributed by atoms with van der Waals surface area (Å²) >= 11 is 0. The second kappa shape index (κ2) is 8.03. The highest BCUT2D eigenvalue weighted by atomic mass is 32.2. The van der Waals surface area contributed by atoms with E-state index in [1.165, 1.54) is 11.0 Å². The Morgan fingerprint density at radius 3 is 2.67 bits per heavy atom. The minimum Gasteiger partial charge on any atom is -0.479 e. The van der Waals surface area contributed by atoms with Crippen LogP contribution in [0.5, 0.6) is 0 Å². The molecule has 144 valence electrons. The number of nitrogens with one attached hydrogen (secondary N) is 1. The topological polar surface area (TPSA) is 113 Å². The van der Waals surface area contributed by atoms with Crippen molar-refractivity contribution in [2.75, 3.05) is 26.2 Å². The third-order valence-corrected chi connectivity index (χ3v) is 5.82. The zero-order valence-corrected chi connectivity index (χ0v) is 15.3. The first-order valence-corrected chi connectivity index (χ1v) is 9.96. The molecule has 0 aliphatic carbocycles. The Balaban J connectivity index is 1.58. The number of carboxylic acid groups (broad SMARTS) is 1. The number of hydrogen-bond donors (Lipinski definition) is 2. The van der Waals surface area contributed by atoms with Gasteiger partial charge in [-0.3, -0.25) is 4.79 Å². The largest absolute Gasteiger partial charge is 0.479 e. The quantitative estimate of drug-likeness (QED) is 0.753. The number of aliphatic carboxylic acids is 1. The van der Waals surface area contributed by atoms with E-state index < -0.39 is 22.1 Å². The van der Waals surface area contributed by atoms with E-state index in [2.05, 4.69) is 4.72 Å². The lowest BCUT2D eigenvalue weighted by Gasteiger charge is -2.30. The van der Waals surface area contributed by atoms with E-state index in [0.29, 0.717) is 6.54 Å². The first-order chi connectivity index (χ1) is 12.9. The second-order valence-corrected chi connectivity index (χ2v) is 7.96. The van der Waals surface area contributed by atoms with Crippen LogP contribution in [0.2, 0.25) is 0 Å². The smallest absolute Gasteiger partial charge is 0.334 e. The lowest BCUT2D eigenvalue weighted by atomic mass is 10.1. The van der Waals surface area contributed by atoms with E-state index in [4.69, 9.17) is 9.84 Å². The zero-order valence-electron chi connectivity index (χ0n) is 14.5. The molecule has 27 heavy (non-hydrogen) atoms. The Hall–Kier alpha value is -2.49. The van der Waals surface area contributed by atoms with Gasteiger partial charge in [-0.2, -0.15) is 0 Å². The van der Waals surface area contributed by atoms with Crippen molar-refractivity contribution < 1.29 is 27.9 Å². The van der Waals surface area contributed by atoms with Crippen LogP contribution < -0.4 is 4.72 Å². The van der Waals surface area contributed by atoms with Crippen LogP contribution in [0.25, 0.3) is 10.8 Å². The van der Waals surface area contributed by atoms with Crippen molar-refractivity contribution in [3.8, 4) is 0 Å². The summed E-state index contributed by atoms with van der Waals surface area (Å²) in [6.07, 6.45) is -1.10. The van der Waals surface area contributed by atoms with Crippen molar-refractivity contribution in [2.24, 2.45) is 0 Å². The summed E-state index contributed by atoms with van der Waals surface area (Å²) < 4.78 is 32.4. The van der Waals surface area contributed by atoms with Gasteiger partial charge in [0.05, 0.1) is 18.0 Å². The highest BCUT2D eigenvalue weighted by Gasteiger charge is 2.28. The maximum Gasteiger partial charge on any atom is 0.334 e. The van der Waals surface area contributed by atoms with Crippen LogP contribution in [0.15, 0.2) is 47.4 Å². The van der Waals surface area contributed by atoms with Gasteiger partial charge < -0.3 is 14.7 Å². The average Bonchev–Trinajstić information content (AvgIpc) is 2.67. The third kappa shape index (κ3) is 4.62. The maximum absolute atomic E-state index is 12.4. The molecule has 0 saturated carbocycles. The SMILES string of the molecule is O=C(O)C1CN(C(=O)CCNS(=O)(=O)c2ccc3ccccc3c2)CCO1. The number of ether oxygens (including phenoxy) is 1. The molecule has 1 amide bonds. The van der Waals surface area contributed by atoms with E-state index in [0.717, 1.165) is 10.8 Å². The number of rotatable bonds is 6.